The molecule has 3 rings (SSSR count). The van der Waals surface area contributed by atoms with E-state index >= 15 is 0 Å². The van der Waals surface area contributed by atoms with Gasteiger partial charge < -0.3 is 4.74 Å². The van der Waals surface area contributed by atoms with Gasteiger partial charge in [0.05, 0.1) is 5.02 Å². The number of rotatable bonds is 0. The van der Waals surface area contributed by atoms with E-state index in [0.29, 0.717) is 0 Å². The fourth-order valence-corrected chi connectivity index (χ4v) is 2.05. The van der Waals surface area contributed by atoms with Crippen molar-refractivity contribution < 1.29 is 9.13 Å². The molecule has 0 aromatic heterocycles. The Bertz CT molecular complexity index is 377. The molecule has 1 aromatic rings. The van der Waals surface area contributed by atoms with Gasteiger partial charge in [0.25, 0.3) is 0 Å². The van der Waals surface area contributed by atoms with Crippen LogP contribution >= 0.6 is 11.6 Å². The first-order valence-corrected chi connectivity index (χ1v) is 4.46. The maximum absolute atomic E-state index is 13.1. The minimum Gasteiger partial charge on any atom is -0.357 e. The van der Waals surface area contributed by atoms with Crippen LogP contribution in [0.2, 0.25) is 5.02 Å². The third-order valence-corrected chi connectivity index (χ3v) is 2.78. The molecule has 2 bridgehead atoms. The first-order valence-electron chi connectivity index (χ1n) is 4.08. The van der Waals surface area contributed by atoms with Crippen LogP contribution in [-0.2, 0) is 4.74 Å². The van der Waals surface area contributed by atoms with Gasteiger partial charge in [-0.3, -0.25) is 0 Å². The SMILES string of the molecule is Fc1cc2c(cc1Cl)[C@H]1C=C[C@@H]2O1. The fraction of sp³-hybridized carbons (Fsp3) is 0.200. The molecule has 3 heteroatoms. The molecular formula is C10H6ClFO. The first kappa shape index (κ1) is 7.54. The highest BCUT2D eigenvalue weighted by molar-refractivity contribution is 6.30. The topological polar surface area (TPSA) is 9.23 Å². The number of ether oxygens (including phenoxy) is 1. The van der Waals surface area contributed by atoms with Crippen LogP contribution in [0.1, 0.15) is 23.3 Å². The van der Waals surface area contributed by atoms with Crippen molar-refractivity contribution in [1.82, 2.24) is 0 Å². The van der Waals surface area contributed by atoms with Crippen molar-refractivity contribution in [3.63, 3.8) is 0 Å². The van der Waals surface area contributed by atoms with Crippen molar-refractivity contribution in [3.8, 4) is 0 Å². The summed E-state index contributed by atoms with van der Waals surface area (Å²) in [5.41, 5.74) is 1.91. The van der Waals surface area contributed by atoms with Gasteiger partial charge in [-0.05, 0) is 23.3 Å². The zero-order chi connectivity index (χ0) is 9.00. The van der Waals surface area contributed by atoms with E-state index in [4.69, 9.17) is 16.3 Å². The smallest absolute Gasteiger partial charge is 0.142 e. The third-order valence-electron chi connectivity index (χ3n) is 2.49. The summed E-state index contributed by atoms with van der Waals surface area (Å²) < 4.78 is 18.6. The second-order valence-electron chi connectivity index (χ2n) is 3.26. The summed E-state index contributed by atoms with van der Waals surface area (Å²) in [5, 5.41) is 0.170. The molecule has 0 amide bonds. The highest BCUT2D eigenvalue weighted by atomic mass is 35.5. The van der Waals surface area contributed by atoms with Gasteiger partial charge in [-0.15, -0.1) is 0 Å². The first-order chi connectivity index (χ1) is 6.25. The molecule has 1 aromatic carbocycles. The van der Waals surface area contributed by atoms with Crippen molar-refractivity contribution >= 4 is 11.6 Å². The molecule has 0 radical (unpaired) electrons. The van der Waals surface area contributed by atoms with Crippen LogP contribution in [0.3, 0.4) is 0 Å². The van der Waals surface area contributed by atoms with Crippen LogP contribution in [0, 0.1) is 5.82 Å². The average Bonchev–Trinajstić information content (AvgIpc) is 2.67. The van der Waals surface area contributed by atoms with Gasteiger partial charge in [-0.2, -0.15) is 0 Å². The molecule has 0 saturated heterocycles. The molecule has 0 saturated carbocycles. The maximum Gasteiger partial charge on any atom is 0.142 e. The molecule has 13 heavy (non-hydrogen) atoms. The molecule has 0 N–H and O–H groups in total. The summed E-state index contributed by atoms with van der Waals surface area (Å²) in [5.74, 6) is -0.370. The van der Waals surface area contributed by atoms with Gasteiger partial charge >= 0.3 is 0 Å². The van der Waals surface area contributed by atoms with Gasteiger partial charge in [0, 0.05) is 0 Å². The van der Waals surface area contributed by atoms with Crippen LogP contribution in [0.15, 0.2) is 24.3 Å². The van der Waals surface area contributed by atoms with Crippen molar-refractivity contribution in [2.45, 2.75) is 12.2 Å². The third kappa shape index (κ3) is 0.901. The summed E-state index contributed by atoms with van der Waals surface area (Å²) in [6.07, 6.45) is 3.84. The lowest BCUT2D eigenvalue weighted by Gasteiger charge is -2.07. The Hall–Kier alpha value is -0.860. The fourth-order valence-electron chi connectivity index (χ4n) is 1.87. The van der Waals surface area contributed by atoms with Crippen LogP contribution in [0.4, 0.5) is 4.39 Å². The van der Waals surface area contributed by atoms with Gasteiger partial charge in [-0.1, -0.05) is 23.8 Å². The minimum atomic E-state index is -0.370. The van der Waals surface area contributed by atoms with Crippen LogP contribution in [0.5, 0.6) is 0 Å². The van der Waals surface area contributed by atoms with E-state index in [2.05, 4.69) is 0 Å². The molecule has 66 valence electrons. The number of hydrogen-bond donors (Lipinski definition) is 0. The molecular weight excluding hydrogens is 191 g/mol. The van der Waals surface area contributed by atoms with Crippen molar-refractivity contribution in [1.29, 1.82) is 0 Å². The van der Waals surface area contributed by atoms with Crippen LogP contribution in [0.25, 0.3) is 0 Å². The van der Waals surface area contributed by atoms with Gasteiger partial charge in [0.15, 0.2) is 0 Å². The summed E-state index contributed by atoms with van der Waals surface area (Å²) in [6, 6.07) is 3.12. The van der Waals surface area contributed by atoms with Crippen molar-refractivity contribution in [2.24, 2.45) is 0 Å². The molecule has 2 heterocycles. The molecule has 0 unspecified atom stereocenters. The summed E-state index contributed by atoms with van der Waals surface area (Å²) in [4.78, 5) is 0. The normalized spacial score (nSPS) is 28.2. The summed E-state index contributed by atoms with van der Waals surface area (Å²) >= 11 is 5.67. The maximum atomic E-state index is 13.1. The van der Waals surface area contributed by atoms with E-state index in [1.54, 1.807) is 6.07 Å². The molecule has 2 aliphatic heterocycles. The van der Waals surface area contributed by atoms with E-state index in [1.807, 2.05) is 12.2 Å². The lowest BCUT2D eigenvalue weighted by Crippen LogP contribution is -1.94. The van der Waals surface area contributed by atoms with Gasteiger partial charge in [0.2, 0.25) is 0 Å². The zero-order valence-electron chi connectivity index (χ0n) is 6.63. The van der Waals surface area contributed by atoms with Crippen molar-refractivity contribution in [3.05, 3.63) is 46.3 Å². The predicted octanol–water partition coefficient (Wildman–Crippen LogP) is 3.16. The molecule has 1 nitrogen and oxygen atoms in total. The highest BCUT2D eigenvalue weighted by Gasteiger charge is 2.34. The summed E-state index contributed by atoms with van der Waals surface area (Å²) in [7, 11) is 0. The Balaban J connectivity index is 2.25. The van der Waals surface area contributed by atoms with Crippen LogP contribution in [-0.4, -0.2) is 0 Å². The lowest BCUT2D eigenvalue weighted by molar-refractivity contribution is 0.0878. The number of halogens is 2. The Morgan fingerprint density at radius 1 is 1.15 bits per heavy atom. The van der Waals surface area contributed by atoms with E-state index in [0.717, 1.165) is 11.1 Å². The second-order valence-corrected chi connectivity index (χ2v) is 3.66. The van der Waals surface area contributed by atoms with E-state index < -0.39 is 0 Å². The van der Waals surface area contributed by atoms with Crippen LogP contribution < -0.4 is 0 Å². The molecule has 0 spiro atoms. The Morgan fingerprint density at radius 3 is 2.46 bits per heavy atom. The standard InChI is InChI=1S/C10H6ClFO/c11-7-3-5-6(4-8(7)12)10-2-1-9(5)13-10/h1-4,9-10H/t9-,10+/m1/s1. The molecule has 0 fully saturated rings. The van der Waals surface area contributed by atoms with Gasteiger partial charge in [-0.25, -0.2) is 4.39 Å². The number of hydrogen-bond acceptors (Lipinski definition) is 1. The largest absolute Gasteiger partial charge is 0.357 e. The Morgan fingerprint density at radius 2 is 1.77 bits per heavy atom. The lowest BCUT2D eigenvalue weighted by atomic mass is 9.97. The monoisotopic (exact) mass is 196 g/mol. The van der Waals surface area contributed by atoms with E-state index in [1.165, 1.54) is 6.07 Å². The van der Waals surface area contributed by atoms with Crippen molar-refractivity contribution in [2.75, 3.05) is 0 Å². The highest BCUT2D eigenvalue weighted by Crippen LogP contribution is 2.46. The zero-order valence-corrected chi connectivity index (χ0v) is 7.38. The molecule has 0 aliphatic carbocycles. The number of fused-ring (bicyclic) bond motifs is 5. The number of benzene rings is 1. The van der Waals surface area contributed by atoms with Gasteiger partial charge in [0.1, 0.15) is 18.0 Å². The second kappa shape index (κ2) is 2.34. The Labute approximate surface area is 79.8 Å². The quantitative estimate of drug-likeness (QED) is 0.580. The summed E-state index contributed by atoms with van der Waals surface area (Å²) in [6.45, 7) is 0. The predicted molar refractivity (Wildman–Crippen MR) is 47.1 cm³/mol. The van der Waals surface area contributed by atoms with E-state index in [-0.39, 0.29) is 23.0 Å². The molecule has 2 atom stereocenters. The average molecular weight is 197 g/mol. The minimum absolute atomic E-state index is 0.0156. The molecule has 2 aliphatic rings. The van der Waals surface area contributed by atoms with E-state index in [9.17, 15) is 4.39 Å². The Kier molecular flexibility index (Phi) is 1.35.